The predicted octanol–water partition coefficient (Wildman–Crippen LogP) is 6.29. The predicted molar refractivity (Wildman–Crippen MR) is 109 cm³/mol. The van der Waals surface area contributed by atoms with E-state index in [0.717, 1.165) is 5.56 Å². The number of hydrogen-bond donors (Lipinski definition) is 1. The van der Waals surface area contributed by atoms with Gasteiger partial charge in [-0.2, -0.15) is 0 Å². The number of carbonyl (C=O) groups is 1. The van der Waals surface area contributed by atoms with Crippen molar-refractivity contribution in [1.29, 1.82) is 0 Å². The molecule has 2 aromatic rings. The van der Waals surface area contributed by atoms with Crippen molar-refractivity contribution in [1.82, 2.24) is 0 Å². The highest BCUT2D eigenvalue weighted by atomic mass is 16.4. The van der Waals surface area contributed by atoms with Gasteiger partial charge in [-0.05, 0) is 70.6 Å². The van der Waals surface area contributed by atoms with Crippen LogP contribution in [0.15, 0.2) is 42.5 Å². The molecule has 0 fully saturated rings. The molecule has 1 aliphatic carbocycles. The van der Waals surface area contributed by atoms with E-state index >= 15 is 0 Å². The van der Waals surface area contributed by atoms with E-state index < -0.39 is 5.97 Å². The van der Waals surface area contributed by atoms with E-state index in [1.54, 1.807) is 12.1 Å². The first-order chi connectivity index (χ1) is 12.1. The van der Waals surface area contributed by atoms with Gasteiger partial charge >= 0.3 is 5.97 Å². The minimum Gasteiger partial charge on any atom is -0.478 e. The Morgan fingerprint density at radius 2 is 1.58 bits per heavy atom. The van der Waals surface area contributed by atoms with Crippen LogP contribution in [0.2, 0.25) is 0 Å². The van der Waals surface area contributed by atoms with Crippen LogP contribution in [0.4, 0.5) is 0 Å². The van der Waals surface area contributed by atoms with Crippen molar-refractivity contribution < 1.29 is 9.90 Å². The quantitative estimate of drug-likeness (QED) is 0.661. The maximum absolute atomic E-state index is 11.0. The SMILES string of the molecule is CC(=Cc1ccc(C(=O)O)cc1)c1cccc2c1C(C)(C)CCC2(C)C. The van der Waals surface area contributed by atoms with Crippen LogP contribution in [0.5, 0.6) is 0 Å². The fourth-order valence-corrected chi connectivity index (χ4v) is 4.11. The van der Waals surface area contributed by atoms with Crippen LogP contribution in [0.3, 0.4) is 0 Å². The molecule has 2 nitrogen and oxygen atoms in total. The van der Waals surface area contributed by atoms with E-state index in [-0.39, 0.29) is 10.8 Å². The molecule has 0 saturated heterocycles. The summed E-state index contributed by atoms with van der Waals surface area (Å²) in [7, 11) is 0. The molecule has 1 N–H and O–H groups in total. The summed E-state index contributed by atoms with van der Waals surface area (Å²) in [5, 5.41) is 9.06. The Morgan fingerprint density at radius 3 is 2.19 bits per heavy atom. The van der Waals surface area contributed by atoms with Crippen LogP contribution < -0.4 is 0 Å². The first kappa shape index (κ1) is 18.4. The van der Waals surface area contributed by atoms with E-state index in [1.165, 1.54) is 35.1 Å². The van der Waals surface area contributed by atoms with Crippen LogP contribution in [0.1, 0.15) is 80.1 Å². The second-order valence-electron chi connectivity index (χ2n) is 8.75. The standard InChI is InChI=1S/C24H28O2/c1-16(15-17-9-11-18(12-10-17)22(25)26)19-7-6-8-20-21(19)24(4,5)14-13-23(20,2)3/h6-12,15H,13-14H2,1-5H3,(H,25,26). The highest BCUT2D eigenvalue weighted by Gasteiger charge is 2.38. The molecule has 0 aromatic heterocycles. The Balaban J connectivity index is 2.08. The summed E-state index contributed by atoms with van der Waals surface area (Å²) >= 11 is 0. The molecule has 0 heterocycles. The van der Waals surface area contributed by atoms with Crippen molar-refractivity contribution >= 4 is 17.6 Å². The van der Waals surface area contributed by atoms with Gasteiger partial charge in [0.25, 0.3) is 0 Å². The summed E-state index contributed by atoms with van der Waals surface area (Å²) in [6.07, 6.45) is 4.54. The zero-order valence-corrected chi connectivity index (χ0v) is 16.4. The molecule has 0 amide bonds. The van der Waals surface area contributed by atoms with E-state index in [2.05, 4.69) is 58.9 Å². The molecule has 0 bridgehead atoms. The van der Waals surface area contributed by atoms with Gasteiger partial charge in [0.2, 0.25) is 0 Å². The van der Waals surface area contributed by atoms with Gasteiger partial charge < -0.3 is 5.11 Å². The number of carboxylic acid groups (broad SMARTS) is 1. The first-order valence-electron chi connectivity index (χ1n) is 9.28. The monoisotopic (exact) mass is 348 g/mol. The highest BCUT2D eigenvalue weighted by molar-refractivity contribution is 5.88. The van der Waals surface area contributed by atoms with E-state index in [4.69, 9.17) is 5.11 Å². The molecule has 0 aliphatic heterocycles. The summed E-state index contributed by atoms with van der Waals surface area (Å²) in [5.74, 6) is -0.890. The largest absolute Gasteiger partial charge is 0.478 e. The second kappa shape index (κ2) is 6.42. The fraction of sp³-hybridized carbons (Fsp3) is 0.375. The molecule has 0 radical (unpaired) electrons. The molecule has 0 spiro atoms. The Kier molecular flexibility index (Phi) is 4.56. The van der Waals surface area contributed by atoms with Gasteiger partial charge in [-0.1, -0.05) is 64.1 Å². The third-order valence-corrected chi connectivity index (χ3v) is 5.81. The maximum Gasteiger partial charge on any atom is 0.335 e. The topological polar surface area (TPSA) is 37.3 Å². The van der Waals surface area contributed by atoms with Gasteiger partial charge in [-0.25, -0.2) is 4.79 Å². The van der Waals surface area contributed by atoms with Crippen molar-refractivity contribution in [3.63, 3.8) is 0 Å². The number of benzene rings is 2. The van der Waals surface area contributed by atoms with Crippen molar-refractivity contribution in [2.75, 3.05) is 0 Å². The van der Waals surface area contributed by atoms with E-state index in [1.807, 2.05) is 12.1 Å². The first-order valence-corrected chi connectivity index (χ1v) is 9.28. The number of aromatic carboxylic acids is 1. The highest BCUT2D eigenvalue weighted by Crippen LogP contribution is 2.48. The Bertz CT molecular complexity index is 868. The molecule has 136 valence electrons. The lowest BCUT2D eigenvalue weighted by Crippen LogP contribution is -2.34. The molecule has 26 heavy (non-hydrogen) atoms. The lowest BCUT2D eigenvalue weighted by atomic mass is 9.61. The summed E-state index contributed by atoms with van der Waals surface area (Å²) in [6, 6.07) is 13.7. The molecule has 0 atom stereocenters. The number of rotatable bonds is 3. The van der Waals surface area contributed by atoms with Gasteiger partial charge in [-0.3, -0.25) is 0 Å². The van der Waals surface area contributed by atoms with Gasteiger partial charge in [0.15, 0.2) is 0 Å². The van der Waals surface area contributed by atoms with Gasteiger partial charge in [0.05, 0.1) is 5.56 Å². The molecule has 3 rings (SSSR count). The van der Waals surface area contributed by atoms with Gasteiger partial charge in [0.1, 0.15) is 0 Å². The van der Waals surface area contributed by atoms with Crippen molar-refractivity contribution in [3.05, 3.63) is 70.3 Å². The van der Waals surface area contributed by atoms with Crippen LogP contribution in [-0.2, 0) is 10.8 Å². The zero-order valence-electron chi connectivity index (χ0n) is 16.4. The number of carboxylic acids is 1. The average Bonchev–Trinajstić information content (AvgIpc) is 2.59. The zero-order chi connectivity index (χ0) is 19.1. The summed E-state index contributed by atoms with van der Waals surface area (Å²) in [4.78, 5) is 11.0. The lowest BCUT2D eigenvalue weighted by molar-refractivity contribution is 0.0697. The molecule has 0 unspecified atom stereocenters. The van der Waals surface area contributed by atoms with Crippen molar-refractivity contribution in [2.45, 2.75) is 58.3 Å². The van der Waals surface area contributed by atoms with Gasteiger partial charge in [0, 0.05) is 0 Å². The minimum atomic E-state index is -0.890. The second-order valence-corrected chi connectivity index (χ2v) is 8.75. The van der Waals surface area contributed by atoms with E-state index in [0.29, 0.717) is 5.56 Å². The summed E-state index contributed by atoms with van der Waals surface area (Å²) in [6.45, 7) is 11.5. The van der Waals surface area contributed by atoms with Gasteiger partial charge in [-0.15, -0.1) is 0 Å². The Hall–Kier alpha value is -2.35. The molecule has 2 heteroatoms. The van der Waals surface area contributed by atoms with Crippen LogP contribution in [-0.4, -0.2) is 11.1 Å². The summed E-state index contributed by atoms with van der Waals surface area (Å²) in [5.41, 5.74) is 7.15. The normalized spacial score (nSPS) is 18.3. The lowest BCUT2D eigenvalue weighted by Gasteiger charge is -2.43. The van der Waals surface area contributed by atoms with Crippen LogP contribution in [0.25, 0.3) is 11.6 Å². The third kappa shape index (κ3) is 3.33. The summed E-state index contributed by atoms with van der Waals surface area (Å²) < 4.78 is 0. The van der Waals surface area contributed by atoms with Crippen molar-refractivity contribution in [2.24, 2.45) is 0 Å². The molecule has 2 aromatic carbocycles. The molecule has 1 aliphatic rings. The number of hydrogen-bond acceptors (Lipinski definition) is 1. The smallest absolute Gasteiger partial charge is 0.335 e. The average molecular weight is 348 g/mol. The van der Waals surface area contributed by atoms with Crippen LogP contribution in [0, 0.1) is 0 Å². The molecule has 0 saturated carbocycles. The maximum atomic E-state index is 11.0. The van der Waals surface area contributed by atoms with Crippen LogP contribution >= 0.6 is 0 Å². The molecular formula is C24H28O2. The fourth-order valence-electron chi connectivity index (χ4n) is 4.11. The Labute approximate surface area is 156 Å². The van der Waals surface area contributed by atoms with E-state index in [9.17, 15) is 4.79 Å². The van der Waals surface area contributed by atoms with Crippen molar-refractivity contribution in [3.8, 4) is 0 Å². The molecular weight excluding hydrogens is 320 g/mol. The minimum absolute atomic E-state index is 0.156. The number of allylic oxidation sites excluding steroid dienone is 1. The Morgan fingerprint density at radius 1 is 0.962 bits per heavy atom. The number of fused-ring (bicyclic) bond motifs is 1. The third-order valence-electron chi connectivity index (χ3n) is 5.81.